The van der Waals surface area contributed by atoms with Crippen molar-refractivity contribution in [2.45, 2.75) is 44.9 Å². The van der Waals surface area contributed by atoms with Crippen LogP contribution in [0.5, 0.6) is 0 Å². The summed E-state index contributed by atoms with van der Waals surface area (Å²) < 4.78 is 27.4. The van der Waals surface area contributed by atoms with Gasteiger partial charge < -0.3 is 20.1 Å². The van der Waals surface area contributed by atoms with Crippen molar-refractivity contribution >= 4 is 33.1 Å². The predicted octanol–water partition coefficient (Wildman–Crippen LogP) is 6.20. The number of carboxylic acid groups (broad SMARTS) is 1. The lowest BCUT2D eigenvalue weighted by Gasteiger charge is -2.29. The summed E-state index contributed by atoms with van der Waals surface area (Å²) in [5.41, 5.74) is 3.89. The lowest BCUT2D eigenvalue weighted by Crippen LogP contribution is -2.42. The Hall–Kier alpha value is -4.64. The van der Waals surface area contributed by atoms with Crippen LogP contribution in [0.2, 0.25) is 0 Å². The molecule has 0 aliphatic rings. The second kappa shape index (κ2) is 15.2. The molecular weight excluding hydrogens is 576 g/mol. The first-order valence-corrected chi connectivity index (χ1v) is 15.2. The highest BCUT2D eigenvalue weighted by Gasteiger charge is 2.21. The van der Waals surface area contributed by atoms with Gasteiger partial charge in [-0.15, -0.1) is 4.36 Å². The van der Waals surface area contributed by atoms with Crippen LogP contribution in [0.25, 0.3) is 10.9 Å². The summed E-state index contributed by atoms with van der Waals surface area (Å²) >= 11 is 0. The molecule has 44 heavy (non-hydrogen) atoms. The fourth-order valence-electron chi connectivity index (χ4n) is 4.81. The molecule has 3 N–H and O–H groups in total. The number of aliphatic hydroxyl groups is 1. The fourth-order valence-corrected chi connectivity index (χ4v) is 5.10. The number of hydrogen-bond donors (Lipinski definition) is 3. The van der Waals surface area contributed by atoms with Crippen LogP contribution < -0.4 is 5.32 Å². The fraction of sp³-hybridized carbons (Fsp3) is 0.235. The van der Waals surface area contributed by atoms with Gasteiger partial charge in [0.2, 0.25) is 0 Å². The van der Waals surface area contributed by atoms with Crippen molar-refractivity contribution in [3.8, 4) is 0 Å². The Balaban J connectivity index is 0.000000657. The molecule has 0 saturated carbocycles. The van der Waals surface area contributed by atoms with Crippen molar-refractivity contribution in [1.29, 1.82) is 0 Å². The van der Waals surface area contributed by atoms with E-state index in [0.29, 0.717) is 18.5 Å². The molecule has 0 radical (unpaired) electrons. The van der Waals surface area contributed by atoms with E-state index in [4.69, 9.17) is 0 Å². The highest BCUT2D eigenvalue weighted by molar-refractivity contribution is 7.61. The van der Waals surface area contributed by atoms with Crippen LogP contribution in [0.15, 0.2) is 114 Å². The van der Waals surface area contributed by atoms with Crippen molar-refractivity contribution in [2.75, 3.05) is 6.54 Å². The van der Waals surface area contributed by atoms with Crippen LogP contribution >= 0.6 is 0 Å². The first-order chi connectivity index (χ1) is 21.1. The average molecular weight is 613 g/mol. The summed E-state index contributed by atoms with van der Waals surface area (Å²) in [6, 6.07) is 29.7. The van der Waals surface area contributed by atoms with Gasteiger partial charge in [-0.25, -0.2) is 4.79 Å². The Morgan fingerprint density at radius 3 is 2.27 bits per heavy atom. The van der Waals surface area contributed by atoms with Crippen LogP contribution in [0.4, 0.5) is 5.69 Å². The number of aryl methyl sites for hydroxylation is 1. The third kappa shape index (κ3) is 9.43. The number of hydrogen-bond acceptors (Lipinski definition) is 7. The van der Waals surface area contributed by atoms with E-state index in [0.717, 1.165) is 28.6 Å². The van der Waals surface area contributed by atoms with Crippen molar-refractivity contribution in [3.63, 3.8) is 0 Å². The van der Waals surface area contributed by atoms with Gasteiger partial charge in [0, 0.05) is 54.0 Å². The molecule has 5 aromatic rings. The quantitative estimate of drug-likeness (QED) is 0.162. The van der Waals surface area contributed by atoms with E-state index >= 15 is 0 Å². The summed E-state index contributed by atoms with van der Waals surface area (Å²) in [6.07, 6.45) is 4.09. The van der Waals surface area contributed by atoms with Gasteiger partial charge in [0.1, 0.15) is 0 Å². The molecule has 0 fully saturated rings. The zero-order valence-corrected chi connectivity index (χ0v) is 25.5. The number of β-amino-alcohol motifs (C(OH)–C–C–N with tert-alkyl or cyclic N) is 1. The minimum Gasteiger partial charge on any atom is -0.478 e. The summed E-state index contributed by atoms with van der Waals surface area (Å²) in [5, 5.41) is 24.4. The van der Waals surface area contributed by atoms with Gasteiger partial charge in [-0.3, -0.25) is 4.98 Å². The number of pyridine rings is 1. The number of aromatic carboxylic acids is 1. The molecule has 0 aliphatic carbocycles. The largest absolute Gasteiger partial charge is 0.478 e. The number of carbonyl (C=O) groups is 1. The van der Waals surface area contributed by atoms with E-state index < -0.39 is 22.6 Å². The molecule has 2 heterocycles. The summed E-state index contributed by atoms with van der Waals surface area (Å²) in [5.74, 6) is -0.959. The normalized spacial score (nSPS) is 11.8. The summed E-state index contributed by atoms with van der Waals surface area (Å²) in [4.78, 5) is 15.6. The molecule has 5 rings (SSSR count). The van der Waals surface area contributed by atoms with Gasteiger partial charge in [0.05, 0.1) is 17.4 Å². The molecule has 1 atom stereocenters. The second-order valence-corrected chi connectivity index (χ2v) is 11.6. The number of carboxylic acids is 1. The van der Waals surface area contributed by atoms with E-state index in [-0.39, 0.29) is 23.3 Å². The number of benzene rings is 3. The number of aliphatic hydroxyl groups excluding tert-OH is 1. The molecule has 9 nitrogen and oxygen atoms in total. The molecule has 0 bridgehead atoms. The van der Waals surface area contributed by atoms with Gasteiger partial charge in [-0.05, 0) is 79.9 Å². The van der Waals surface area contributed by atoms with Crippen LogP contribution in [-0.2, 0) is 23.5 Å². The highest BCUT2D eigenvalue weighted by Crippen LogP contribution is 2.26. The summed E-state index contributed by atoms with van der Waals surface area (Å²) in [7, 11) is -2.56. The number of nitrogens with one attached hydrogen (secondary N) is 1. The molecule has 0 spiro atoms. The predicted molar refractivity (Wildman–Crippen MR) is 171 cm³/mol. The Labute approximate surface area is 258 Å². The number of nitrogens with zero attached hydrogens (tertiary/aromatic N) is 3. The number of aromatic nitrogens is 2. The van der Waals surface area contributed by atoms with Crippen LogP contribution in [0.3, 0.4) is 0 Å². The van der Waals surface area contributed by atoms with Crippen molar-refractivity contribution in [1.82, 2.24) is 14.9 Å². The highest BCUT2D eigenvalue weighted by atomic mass is 32.2. The molecule has 228 valence electrons. The minimum atomic E-state index is -2.56. The molecule has 2 aromatic heterocycles. The van der Waals surface area contributed by atoms with Gasteiger partial charge in [0.25, 0.3) is 0 Å². The zero-order chi connectivity index (χ0) is 31.5. The Bertz CT molecular complexity index is 1790. The van der Waals surface area contributed by atoms with E-state index in [1.807, 2.05) is 60.7 Å². The van der Waals surface area contributed by atoms with Gasteiger partial charge in [0.15, 0.2) is 0 Å². The van der Waals surface area contributed by atoms with Gasteiger partial charge in [-0.1, -0.05) is 48.5 Å². The first-order valence-electron chi connectivity index (χ1n) is 14.2. The molecule has 0 amide bonds. The summed E-state index contributed by atoms with van der Waals surface area (Å²) in [6.45, 7) is 5.07. The second-order valence-electron chi connectivity index (χ2n) is 11.0. The molecule has 10 heteroatoms. The maximum atomic E-state index is 11.5. The molecule has 0 saturated heterocycles. The SMILES string of the molecule is CC(C)(CCn1c(Cc2ccncc2)cc2cc(C(=O)O)ccc21)NCC(O)c1cccc(N=S(=O)=O)c1.c1ccccc1. The van der Waals surface area contributed by atoms with Crippen LogP contribution in [0, 0.1) is 0 Å². The van der Waals surface area contributed by atoms with Crippen LogP contribution in [0.1, 0.15) is 53.6 Å². The molecule has 3 aromatic carbocycles. The van der Waals surface area contributed by atoms with Crippen molar-refractivity contribution in [2.24, 2.45) is 4.36 Å². The smallest absolute Gasteiger partial charge is 0.335 e. The van der Waals surface area contributed by atoms with Crippen molar-refractivity contribution < 1.29 is 23.4 Å². The van der Waals surface area contributed by atoms with E-state index in [2.05, 4.69) is 33.1 Å². The number of rotatable bonds is 11. The lowest BCUT2D eigenvalue weighted by molar-refractivity contribution is 0.0697. The van der Waals surface area contributed by atoms with E-state index in [9.17, 15) is 23.4 Å². The number of fused-ring (bicyclic) bond motifs is 1. The topological polar surface area (TPSA) is 134 Å². The Morgan fingerprint density at radius 1 is 0.955 bits per heavy atom. The van der Waals surface area contributed by atoms with E-state index in [1.165, 1.54) is 0 Å². The zero-order valence-electron chi connectivity index (χ0n) is 24.7. The standard InChI is InChI=1S/C28H30N4O5S.C6H6/c1-28(2,30-18-26(33)20-4-3-5-23(16-20)31-38(36)37)10-13-32-24(14-19-8-11-29-12-9-19)17-22-15-21(27(34)35)6-7-25(22)32;1-2-4-6-5-3-1/h3-9,11-12,15-17,26,30,33H,10,13-14,18H2,1-2H3,(H,34,35);1-6H. The minimum absolute atomic E-state index is 0.249. The van der Waals surface area contributed by atoms with Gasteiger partial charge in [-0.2, -0.15) is 8.42 Å². The van der Waals surface area contributed by atoms with Crippen molar-refractivity contribution in [3.05, 3.63) is 132 Å². The maximum Gasteiger partial charge on any atom is 0.335 e. The monoisotopic (exact) mass is 612 g/mol. The average Bonchev–Trinajstić information content (AvgIpc) is 3.36. The molecule has 1 unspecified atom stereocenters. The Kier molecular flexibility index (Phi) is 11.1. The third-order valence-electron chi connectivity index (χ3n) is 7.20. The molecular formula is C34H36N4O5S. The molecule has 0 aliphatic heterocycles. The van der Waals surface area contributed by atoms with E-state index in [1.54, 1.807) is 48.8 Å². The van der Waals surface area contributed by atoms with Gasteiger partial charge >= 0.3 is 16.5 Å². The Morgan fingerprint density at radius 2 is 1.64 bits per heavy atom. The first kappa shape index (κ1) is 32.3. The third-order valence-corrected chi connectivity index (χ3v) is 7.56. The maximum absolute atomic E-state index is 11.5. The lowest BCUT2D eigenvalue weighted by atomic mass is 9.99. The van der Waals surface area contributed by atoms with Crippen LogP contribution in [-0.4, -0.2) is 46.2 Å².